The van der Waals surface area contributed by atoms with Crippen LogP contribution in [0.3, 0.4) is 0 Å². The third kappa shape index (κ3) is 3.04. The number of rotatable bonds is 2. The van der Waals surface area contributed by atoms with Gasteiger partial charge in [-0.25, -0.2) is 0 Å². The highest BCUT2D eigenvalue weighted by Crippen LogP contribution is 2.35. The highest BCUT2D eigenvalue weighted by Gasteiger charge is 2.33. The lowest BCUT2D eigenvalue weighted by Gasteiger charge is -2.33. The lowest BCUT2D eigenvalue weighted by Crippen LogP contribution is -2.42. The predicted molar refractivity (Wildman–Crippen MR) is 78.4 cm³/mol. The molecule has 2 rings (SSSR count). The van der Waals surface area contributed by atoms with Gasteiger partial charge >= 0.3 is 0 Å². The van der Waals surface area contributed by atoms with Gasteiger partial charge in [0.25, 0.3) is 0 Å². The molecule has 104 valence electrons. The fourth-order valence-electron chi connectivity index (χ4n) is 2.69. The Bertz CT molecular complexity index is 479. The van der Waals surface area contributed by atoms with Crippen LogP contribution in [0.1, 0.15) is 37.8 Å². The van der Waals surface area contributed by atoms with Gasteiger partial charge in [0.05, 0.1) is 6.04 Å². The summed E-state index contributed by atoms with van der Waals surface area (Å²) in [5, 5.41) is 1.22. The topological polar surface area (TPSA) is 46.3 Å². The summed E-state index contributed by atoms with van der Waals surface area (Å²) in [6.45, 7) is 2.58. The molecule has 3 nitrogen and oxygen atoms in total. The zero-order valence-corrected chi connectivity index (χ0v) is 12.4. The van der Waals surface area contributed by atoms with Crippen molar-refractivity contribution in [3.05, 3.63) is 33.8 Å². The van der Waals surface area contributed by atoms with E-state index < -0.39 is 0 Å². The van der Waals surface area contributed by atoms with Crippen molar-refractivity contribution in [1.29, 1.82) is 0 Å². The summed E-state index contributed by atoms with van der Waals surface area (Å²) in [6.07, 6.45) is 2.19. The monoisotopic (exact) mass is 300 g/mol. The first kappa shape index (κ1) is 14.6. The molecule has 5 heteroatoms. The molecule has 0 bridgehead atoms. The van der Waals surface area contributed by atoms with Gasteiger partial charge in [0, 0.05) is 29.1 Å². The van der Waals surface area contributed by atoms with Crippen LogP contribution in [0.25, 0.3) is 0 Å². The molecule has 2 N–H and O–H groups in total. The largest absolute Gasteiger partial charge is 0.334 e. The maximum atomic E-state index is 12.2. The number of likely N-dealkylation sites (N-methyl/N-ethyl adjacent to an activating group) is 1. The molecule has 1 aromatic rings. The van der Waals surface area contributed by atoms with Crippen LogP contribution in [0.15, 0.2) is 18.2 Å². The summed E-state index contributed by atoms with van der Waals surface area (Å²) in [7, 11) is 0. The average molecular weight is 301 g/mol. The molecule has 0 saturated carbocycles. The second-order valence-corrected chi connectivity index (χ2v) is 5.69. The van der Waals surface area contributed by atoms with E-state index in [1.54, 1.807) is 12.1 Å². The number of nitrogens with two attached hydrogens (primary N) is 1. The minimum atomic E-state index is -0.189. The van der Waals surface area contributed by atoms with Crippen molar-refractivity contribution in [2.24, 2.45) is 5.73 Å². The molecule has 0 spiro atoms. The molecule has 1 fully saturated rings. The summed E-state index contributed by atoms with van der Waals surface area (Å²) in [5.41, 5.74) is 7.11. The van der Waals surface area contributed by atoms with Gasteiger partial charge in [-0.15, -0.1) is 0 Å². The highest BCUT2D eigenvalue weighted by molar-refractivity contribution is 6.33. The van der Waals surface area contributed by atoms with E-state index in [4.69, 9.17) is 28.9 Å². The Kier molecular flexibility index (Phi) is 4.71. The van der Waals surface area contributed by atoms with Gasteiger partial charge < -0.3 is 10.6 Å². The number of amides is 1. The third-order valence-electron chi connectivity index (χ3n) is 3.61. The molecule has 1 aliphatic heterocycles. The summed E-state index contributed by atoms with van der Waals surface area (Å²) < 4.78 is 0. The van der Waals surface area contributed by atoms with E-state index in [0.29, 0.717) is 23.0 Å². The summed E-state index contributed by atoms with van der Waals surface area (Å²) in [4.78, 5) is 14.0. The molecule has 0 aliphatic carbocycles. The maximum absolute atomic E-state index is 12.2. The van der Waals surface area contributed by atoms with E-state index >= 15 is 0 Å². The Balaban J connectivity index is 2.47. The van der Waals surface area contributed by atoms with E-state index in [1.165, 1.54) is 0 Å². The van der Waals surface area contributed by atoms with Crippen LogP contribution >= 0.6 is 23.2 Å². The number of hydrogen-bond acceptors (Lipinski definition) is 2. The molecule has 1 aliphatic rings. The Labute approximate surface area is 123 Å². The Morgan fingerprint density at radius 3 is 2.84 bits per heavy atom. The van der Waals surface area contributed by atoms with Gasteiger partial charge in [-0.05, 0) is 43.5 Å². The van der Waals surface area contributed by atoms with Gasteiger partial charge in [0.15, 0.2) is 0 Å². The number of halogens is 2. The number of likely N-dealkylation sites (tertiary alicyclic amines) is 1. The van der Waals surface area contributed by atoms with E-state index in [9.17, 15) is 4.79 Å². The van der Waals surface area contributed by atoms with Gasteiger partial charge in [0.2, 0.25) is 5.91 Å². The van der Waals surface area contributed by atoms with Crippen molar-refractivity contribution >= 4 is 29.1 Å². The molecule has 1 aromatic carbocycles. The van der Waals surface area contributed by atoms with Crippen LogP contribution in [0.2, 0.25) is 10.0 Å². The molecular formula is C14H18Cl2N2O. The van der Waals surface area contributed by atoms with Crippen LogP contribution in [-0.4, -0.2) is 23.4 Å². The third-order valence-corrected chi connectivity index (χ3v) is 4.19. The molecule has 1 amide bonds. The summed E-state index contributed by atoms with van der Waals surface area (Å²) in [6, 6.07) is 5.02. The van der Waals surface area contributed by atoms with E-state index in [-0.39, 0.29) is 18.0 Å². The van der Waals surface area contributed by atoms with E-state index in [0.717, 1.165) is 18.4 Å². The van der Waals surface area contributed by atoms with Crippen LogP contribution in [-0.2, 0) is 4.79 Å². The number of carbonyl (C=O) groups excluding carboxylic acids is 1. The molecule has 2 unspecified atom stereocenters. The fraction of sp³-hybridized carbons (Fsp3) is 0.500. The zero-order valence-electron chi connectivity index (χ0n) is 10.9. The number of nitrogens with zero attached hydrogens (tertiary/aromatic N) is 1. The SMILES string of the molecule is CCN1C(=O)CCCC(N)C1c1cc(Cl)ccc1Cl. The van der Waals surface area contributed by atoms with Crippen LogP contribution in [0.4, 0.5) is 0 Å². The van der Waals surface area contributed by atoms with Gasteiger partial charge in [-0.3, -0.25) is 4.79 Å². The quantitative estimate of drug-likeness (QED) is 0.910. The summed E-state index contributed by atoms with van der Waals surface area (Å²) >= 11 is 12.3. The standard InChI is InChI=1S/C14H18Cl2N2O/c1-2-18-13(19)5-3-4-12(17)14(18)10-8-9(15)6-7-11(10)16/h6-8,12,14H,2-5,17H2,1H3. The van der Waals surface area contributed by atoms with Gasteiger partial charge in [-0.1, -0.05) is 23.2 Å². The second kappa shape index (κ2) is 6.12. The van der Waals surface area contributed by atoms with Crippen molar-refractivity contribution in [3.63, 3.8) is 0 Å². The van der Waals surface area contributed by atoms with Crippen LogP contribution in [0.5, 0.6) is 0 Å². The van der Waals surface area contributed by atoms with Crippen LogP contribution < -0.4 is 5.73 Å². The van der Waals surface area contributed by atoms with Crippen molar-refractivity contribution in [2.75, 3.05) is 6.54 Å². The smallest absolute Gasteiger partial charge is 0.223 e. The van der Waals surface area contributed by atoms with E-state index in [2.05, 4.69) is 0 Å². The fourth-order valence-corrected chi connectivity index (χ4v) is 3.10. The Morgan fingerprint density at radius 2 is 2.16 bits per heavy atom. The lowest BCUT2D eigenvalue weighted by molar-refractivity contribution is -0.133. The first-order valence-corrected chi connectivity index (χ1v) is 7.30. The van der Waals surface area contributed by atoms with Crippen molar-refractivity contribution < 1.29 is 4.79 Å². The first-order chi connectivity index (χ1) is 9.04. The number of benzene rings is 1. The maximum Gasteiger partial charge on any atom is 0.223 e. The van der Waals surface area contributed by atoms with Gasteiger partial charge in [-0.2, -0.15) is 0 Å². The minimum Gasteiger partial charge on any atom is -0.334 e. The molecule has 1 saturated heterocycles. The molecule has 0 radical (unpaired) electrons. The van der Waals surface area contributed by atoms with Crippen molar-refractivity contribution in [2.45, 2.75) is 38.3 Å². The minimum absolute atomic E-state index is 0.109. The molecular weight excluding hydrogens is 283 g/mol. The van der Waals surface area contributed by atoms with Gasteiger partial charge in [0.1, 0.15) is 0 Å². The lowest BCUT2D eigenvalue weighted by atomic mass is 9.96. The van der Waals surface area contributed by atoms with E-state index in [1.807, 2.05) is 17.9 Å². The average Bonchev–Trinajstić information content (AvgIpc) is 2.51. The molecule has 0 aromatic heterocycles. The zero-order chi connectivity index (χ0) is 14.0. The normalized spacial score (nSPS) is 24.4. The molecule has 1 heterocycles. The number of carbonyl (C=O) groups is 1. The second-order valence-electron chi connectivity index (χ2n) is 4.85. The van der Waals surface area contributed by atoms with Crippen LogP contribution in [0, 0.1) is 0 Å². The first-order valence-electron chi connectivity index (χ1n) is 6.54. The van der Waals surface area contributed by atoms with Crippen molar-refractivity contribution in [3.8, 4) is 0 Å². The highest BCUT2D eigenvalue weighted by atomic mass is 35.5. The predicted octanol–water partition coefficient (Wildman–Crippen LogP) is 3.39. The Morgan fingerprint density at radius 1 is 1.42 bits per heavy atom. The summed E-state index contributed by atoms with van der Waals surface area (Å²) in [5.74, 6) is 0.136. The molecule has 19 heavy (non-hydrogen) atoms. The van der Waals surface area contributed by atoms with Crippen molar-refractivity contribution in [1.82, 2.24) is 4.90 Å². The molecule has 2 atom stereocenters. The number of hydrogen-bond donors (Lipinski definition) is 1. The Hall–Kier alpha value is -0.770.